The van der Waals surface area contributed by atoms with Gasteiger partial charge in [0, 0.05) is 12.1 Å². The second-order valence-corrected chi connectivity index (χ2v) is 6.79. The number of ether oxygens (including phenoxy) is 1. The Kier molecular flexibility index (Phi) is 5.29. The summed E-state index contributed by atoms with van der Waals surface area (Å²) in [5, 5.41) is 10.7. The maximum Gasteiger partial charge on any atom is 0.250 e. The quantitative estimate of drug-likeness (QED) is 0.664. The second kappa shape index (κ2) is 8.18. The molecule has 1 unspecified atom stereocenters. The number of benzene rings is 2. The number of hydrogen-bond donors (Lipinski definition) is 2. The van der Waals surface area contributed by atoms with Gasteiger partial charge in [-0.3, -0.25) is 10.1 Å². The zero-order valence-electron chi connectivity index (χ0n) is 16.4. The van der Waals surface area contributed by atoms with Gasteiger partial charge >= 0.3 is 0 Å². The number of rotatable bonds is 6. The lowest BCUT2D eigenvalue weighted by Gasteiger charge is -2.24. The molecule has 1 aliphatic heterocycles. The molecule has 29 heavy (non-hydrogen) atoms. The molecule has 0 fully saturated rings. The number of carbonyl (C=O) groups excluding carboxylic acids is 1. The Morgan fingerprint density at radius 3 is 2.62 bits per heavy atom. The zero-order valence-corrected chi connectivity index (χ0v) is 16.4. The molecule has 0 bridgehead atoms. The summed E-state index contributed by atoms with van der Waals surface area (Å²) in [6.45, 7) is 1.96. The van der Waals surface area contributed by atoms with Gasteiger partial charge in [-0.05, 0) is 35.8 Å². The third-order valence-electron chi connectivity index (χ3n) is 4.74. The molecule has 1 aromatic heterocycles. The van der Waals surface area contributed by atoms with Crippen molar-refractivity contribution in [3.63, 3.8) is 0 Å². The van der Waals surface area contributed by atoms with E-state index in [-0.39, 0.29) is 11.9 Å². The minimum absolute atomic E-state index is 0.0901. The Hall–Kier alpha value is -3.61. The number of methoxy groups -OCH3 is 1. The molecule has 1 atom stereocenters. The predicted molar refractivity (Wildman–Crippen MR) is 113 cm³/mol. The van der Waals surface area contributed by atoms with Crippen LogP contribution < -0.4 is 15.4 Å². The van der Waals surface area contributed by atoms with Gasteiger partial charge in [0.05, 0.1) is 7.11 Å². The minimum atomic E-state index is -0.170. The highest BCUT2D eigenvalue weighted by atomic mass is 16.5. The first-order valence-electron chi connectivity index (χ1n) is 9.62. The molecule has 0 spiro atoms. The van der Waals surface area contributed by atoms with Gasteiger partial charge in [0.15, 0.2) is 0 Å². The van der Waals surface area contributed by atoms with E-state index in [0.717, 1.165) is 29.0 Å². The number of carbonyl (C=O) groups is 1. The normalized spacial score (nSPS) is 15.1. The molecule has 0 radical (unpaired) electrons. The molecule has 3 aromatic rings. The van der Waals surface area contributed by atoms with Crippen molar-refractivity contribution in [1.82, 2.24) is 14.8 Å². The number of nitrogens with zero attached hydrogens (tertiary/aromatic N) is 3. The lowest BCUT2D eigenvalue weighted by Crippen LogP contribution is -2.20. The number of allylic oxidation sites excluding steroid dienone is 1. The van der Waals surface area contributed by atoms with Crippen molar-refractivity contribution in [1.29, 1.82) is 0 Å². The van der Waals surface area contributed by atoms with Crippen molar-refractivity contribution in [2.24, 2.45) is 0 Å². The maximum atomic E-state index is 12.0. The average molecular weight is 389 g/mol. The molecule has 0 aliphatic carbocycles. The minimum Gasteiger partial charge on any atom is -0.497 e. The Morgan fingerprint density at radius 1 is 1.17 bits per heavy atom. The van der Waals surface area contributed by atoms with Crippen LogP contribution in [0.2, 0.25) is 0 Å². The second-order valence-electron chi connectivity index (χ2n) is 6.79. The van der Waals surface area contributed by atoms with Crippen LogP contribution >= 0.6 is 0 Å². The van der Waals surface area contributed by atoms with E-state index in [1.54, 1.807) is 11.8 Å². The fraction of sp³-hybridized carbons (Fsp3) is 0.227. The molecule has 4 rings (SSSR count). The van der Waals surface area contributed by atoms with Crippen molar-refractivity contribution in [2.45, 2.75) is 25.8 Å². The van der Waals surface area contributed by atoms with Gasteiger partial charge in [0.1, 0.15) is 11.8 Å². The summed E-state index contributed by atoms with van der Waals surface area (Å²) in [5.74, 6) is 1.58. The van der Waals surface area contributed by atoms with Crippen LogP contribution in [0, 0.1) is 0 Å². The van der Waals surface area contributed by atoms with E-state index in [2.05, 4.69) is 26.8 Å². The molecule has 2 aromatic carbocycles. The van der Waals surface area contributed by atoms with E-state index in [1.807, 2.05) is 61.5 Å². The highest BCUT2D eigenvalue weighted by Gasteiger charge is 2.25. The molecule has 0 saturated heterocycles. The molecular formula is C22H23N5O2. The Morgan fingerprint density at radius 2 is 1.93 bits per heavy atom. The summed E-state index contributed by atoms with van der Waals surface area (Å²) in [6, 6.07) is 17.8. The van der Waals surface area contributed by atoms with E-state index in [9.17, 15) is 4.79 Å². The Labute approximate surface area is 169 Å². The van der Waals surface area contributed by atoms with Crippen LogP contribution in [-0.2, 0) is 4.79 Å². The smallest absolute Gasteiger partial charge is 0.250 e. The van der Waals surface area contributed by atoms with Gasteiger partial charge in [-0.25, -0.2) is 4.68 Å². The van der Waals surface area contributed by atoms with Crippen molar-refractivity contribution < 1.29 is 9.53 Å². The van der Waals surface area contributed by atoms with Crippen LogP contribution in [-0.4, -0.2) is 27.8 Å². The first-order chi connectivity index (χ1) is 14.2. The molecule has 0 saturated carbocycles. The van der Waals surface area contributed by atoms with Gasteiger partial charge < -0.3 is 10.1 Å². The van der Waals surface area contributed by atoms with Gasteiger partial charge in [-0.15, -0.1) is 5.10 Å². The van der Waals surface area contributed by atoms with Gasteiger partial charge in [-0.1, -0.05) is 49.4 Å². The molecule has 2 heterocycles. The summed E-state index contributed by atoms with van der Waals surface area (Å²) in [7, 11) is 1.65. The van der Waals surface area contributed by atoms with Crippen LogP contribution in [0.3, 0.4) is 0 Å². The number of hydrogen-bond acceptors (Lipinski definition) is 5. The summed E-state index contributed by atoms with van der Waals surface area (Å²) in [4.78, 5) is 16.5. The number of anilines is 2. The highest BCUT2D eigenvalue weighted by molar-refractivity contribution is 5.89. The van der Waals surface area contributed by atoms with Crippen molar-refractivity contribution in [3.8, 4) is 5.75 Å². The summed E-state index contributed by atoms with van der Waals surface area (Å²) >= 11 is 0. The third-order valence-corrected chi connectivity index (χ3v) is 4.74. The first-order valence-corrected chi connectivity index (χ1v) is 9.62. The van der Waals surface area contributed by atoms with E-state index < -0.39 is 0 Å². The fourth-order valence-electron chi connectivity index (χ4n) is 3.28. The number of fused-ring (bicyclic) bond motifs is 1. The Bertz CT molecular complexity index is 1030. The topological polar surface area (TPSA) is 81.1 Å². The average Bonchev–Trinajstić information content (AvgIpc) is 3.16. The highest BCUT2D eigenvalue weighted by Crippen LogP contribution is 2.33. The van der Waals surface area contributed by atoms with Crippen LogP contribution in [0.4, 0.5) is 11.9 Å². The predicted octanol–water partition coefficient (Wildman–Crippen LogP) is 4.08. The van der Waals surface area contributed by atoms with Crippen LogP contribution in [0.1, 0.15) is 36.9 Å². The lowest BCUT2D eigenvalue weighted by atomic mass is 10.0. The summed E-state index contributed by atoms with van der Waals surface area (Å²) in [5.41, 5.74) is 3.04. The van der Waals surface area contributed by atoms with E-state index in [4.69, 9.17) is 4.74 Å². The molecule has 7 heteroatoms. The monoisotopic (exact) mass is 389 g/mol. The SMILES string of the molecule is CCCC(=O)Nc1nc2n(n1)C(c1ccc(OC)cc1)C=C(c1ccccc1)N2. The van der Waals surface area contributed by atoms with Gasteiger partial charge in [-0.2, -0.15) is 4.98 Å². The van der Waals surface area contributed by atoms with E-state index >= 15 is 0 Å². The molecular weight excluding hydrogens is 366 g/mol. The zero-order chi connectivity index (χ0) is 20.2. The molecule has 1 amide bonds. The van der Waals surface area contributed by atoms with Gasteiger partial charge in [0.2, 0.25) is 11.9 Å². The van der Waals surface area contributed by atoms with Crippen LogP contribution in [0.25, 0.3) is 5.70 Å². The molecule has 7 nitrogen and oxygen atoms in total. The van der Waals surface area contributed by atoms with Crippen molar-refractivity contribution >= 4 is 23.5 Å². The van der Waals surface area contributed by atoms with Crippen LogP contribution in [0.15, 0.2) is 60.7 Å². The number of aromatic nitrogens is 3. The van der Waals surface area contributed by atoms with Gasteiger partial charge in [0.25, 0.3) is 5.95 Å². The van der Waals surface area contributed by atoms with Crippen molar-refractivity contribution in [2.75, 3.05) is 17.7 Å². The standard InChI is InChI=1S/C22H23N5O2/c1-3-7-20(28)24-21-25-22-23-18(15-8-5-4-6-9-15)14-19(27(22)26-21)16-10-12-17(29-2)13-11-16/h4-6,8-14,19H,3,7H2,1-2H3,(H2,23,24,25,26,28). The van der Waals surface area contributed by atoms with Crippen LogP contribution in [0.5, 0.6) is 5.75 Å². The van der Waals surface area contributed by atoms with E-state index in [0.29, 0.717) is 18.3 Å². The van der Waals surface area contributed by atoms with E-state index in [1.165, 1.54) is 0 Å². The van der Waals surface area contributed by atoms with Crippen molar-refractivity contribution in [3.05, 3.63) is 71.8 Å². The Balaban J connectivity index is 1.72. The number of nitrogens with one attached hydrogen (secondary N) is 2. The number of amides is 1. The molecule has 2 N–H and O–H groups in total. The first kappa shape index (κ1) is 18.7. The summed E-state index contributed by atoms with van der Waals surface area (Å²) in [6.07, 6.45) is 3.31. The largest absolute Gasteiger partial charge is 0.497 e. The third kappa shape index (κ3) is 3.99. The summed E-state index contributed by atoms with van der Waals surface area (Å²) < 4.78 is 7.06. The molecule has 148 valence electrons. The maximum absolute atomic E-state index is 12.0. The molecule has 1 aliphatic rings. The lowest BCUT2D eigenvalue weighted by molar-refractivity contribution is -0.116. The fourth-order valence-corrected chi connectivity index (χ4v) is 3.28.